The molecular weight excluding hydrogens is 410 g/mol. The topological polar surface area (TPSA) is 91.9 Å². The van der Waals surface area contributed by atoms with Gasteiger partial charge in [0.2, 0.25) is 0 Å². The number of aromatic amines is 1. The van der Waals surface area contributed by atoms with Crippen LogP contribution in [0.25, 0.3) is 0 Å². The summed E-state index contributed by atoms with van der Waals surface area (Å²) in [5, 5.41) is 0. The molecule has 1 N–H and O–H groups in total. The van der Waals surface area contributed by atoms with Gasteiger partial charge in [0.15, 0.2) is 6.61 Å². The fourth-order valence-electron chi connectivity index (χ4n) is 3.98. The third-order valence-electron chi connectivity index (χ3n) is 5.66. The Labute approximate surface area is 188 Å². The maximum absolute atomic E-state index is 12.5. The number of piperazine rings is 1. The Morgan fingerprint density at radius 2 is 1.72 bits per heavy atom. The van der Waals surface area contributed by atoms with Crippen molar-refractivity contribution in [3.05, 3.63) is 57.9 Å². The first-order valence-electron chi connectivity index (χ1n) is 10.9. The van der Waals surface area contributed by atoms with E-state index in [0.29, 0.717) is 29.9 Å². The first-order valence-corrected chi connectivity index (χ1v) is 10.9. The molecule has 0 bridgehead atoms. The monoisotopic (exact) mass is 441 g/mol. The number of hydrogen-bond donors (Lipinski definition) is 1. The van der Waals surface area contributed by atoms with Gasteiger partial charge in [-0.3, -0.25) is 9.69 Å². The molecule has 1 amide bonds. The molecule has 2 heterocycles. The van der Waals surface area contributed by atoms with Crippen LogP contribution in [0.2, 0.25) is 0 Å². The Bertz CT molecular complexity index is 990. The molecule has 8 heteroatoms. The molecule has 172 valence electrons. The van der Waals surface area contributed by atoms with Crippen LogP contribution in [0.4, 0.5) is 0 Å². The van der Waals surface area contributed by atoms with Gasteiger partial charge in [-0.25, -0.2) is 9.59 Å². The van der Waals surface area contributed by atoms with Gasteiger partial charge >= 0.3 is 11.9 Å². The summed E-state index contributed by atoms with van der Waals surface area (Å²) in [5.41, 5.74) is 3.99. The molecule has 1 fully saturated rings. The van der Waals surface area contributed by atoms with Crippen LogP contribution in [0, 0.1) is 20.8 Å². The number of aromatic nitrogens is 1. The zero-order chi connectivity index (χ0) is 23.3. The van der Waals surface area contributed by atoms with Crippen LogP contribution in [0.5, 0.6) is 0 Å². The van der Waals surface area contributed by atoms with E-state index in [1.165, 1.54) is 11.1 Å². The lowest BCUT2D eigenvalue weighted by molar-refractivity contribution is -0.136. The summed E-state index contributed by atoms with van der Waals surface area (Å²) in [6.45, 7) is 10.6. The first kappa shape index (κ1) is 23.5. The van der Waals surface area contributed by atoms with Gasteiger partial charge in [-0.05, 0) is 38.8 Å². The SMILES string of the molecule is CCOC(=O)c1c(C)[nH]c(C(=O)OCC(=O)N2CCN(Cc3cccc(C)c3)CC2)c1C. The normalized spacial score (nSPS) is 14.3. The van der Waals surface area contributed by atoms with E-state index in [9.17, 15) is 14.4 Å². The smallest absolute Gasteiger partial charge is 0.355 e. The van der Waals surface area contributed by atoms with Gasteiger partial charge in [0, 0.05) is 38.4 Å². The third kappa shape index (κ3) is 5.56. The molecule has 1 aliphatic heterocycles. The van der Waals surface area contributed by atoms with Crippen molar-refractivity contribution in [3.8, 4) is 0 Å². The van der Waals surface area contributed by atoms with Crippen LogP contribution >= 0.6 is 0 Å². The van der Waals surface area contributed by atoms with Gasteiger partial charge in [-0.2, -0.15) is 0 Å². The van der Waals surface area contributed by atoms with E-state index < -0.39 is 11.9 Å². The average Bonchev–Trinajstić information content (AvgIpc) is 3.06. The Morgan fingerprint density at radius 1 is 1.00 bits per heavy atom. The molecule has 0 spiro atoms. The van der Waals surface area contributed by atoms with Crippen LogP contribution in [0.15, 0.2) is 24.3 Å². The second-order valence-corrected chi connectivity index (χ2v) is 8.07. The number of rotatable bonds is 7. The van der Waals surface area contributed by atoms with Crippen molar-refractivity contribution >= 4 is 17.8 Å². The highest BCUT2D eigenvalue weighted by Crippen LogP contribution is 2.20. The van der Waals surface area contributed by atoms with Crippen molar-refractivity contribution in [2.45, 2.75) is 34.2 Å². The molecule has 0 radical (unpaired) electrons. The molecule has 32 heavy (non-hydrogen) atoms. The maximum atomic E-state index is 12.5. The summed E-state index contributed by atoms with van der Waals surface area (Å²) >= 11 is 0. The van der Waals surface area contributed by atoms with E-state index in [4.69, 9.17) is 9.47 Å². The molecule has 2 aromatic rings. The van der Waals surface area contributed by atoms with E-state index >= 15 is 0 Å². The first-order chi connectivity index (χ1) is 15.3. The number of ether oxygens (including phenoxy) is 2. The summed E-state index contributed by atoms with van der Waals surface area (Å²) in [4.78, 5) is 44.0. The minimum absolute atomic E-state index is 0.168. The predicted octanol–water partition coefficient (Wildman–Crippen LogP) is 2.62. The van der Waals surface area contributed by atoms with E-state index in [1.807, 2.05) is 0 Å². The molecule has 1 aromatic heterocycles. The van der Waals surface area contributed by atoms with E-state index in [1.54, 1.807) is 25.7 Å². The van der Waals surface area contributed by atoms with Gasteiger partial charge in [0.05, 0.1) is 12.2 Å². The Balaban J connectivity index is 1.49. The second-order valence-electron chi connectivity index (χ2n) is 8.07. The Morgan fingerprint density at radius 3 is 2.38 bits per heavy atom. The number of H-pyrrole nitrogens is 1. The van der Waals surface area contributed by atoms with E-state index in [-0.39, 0.29) is 24.8 Å². The summed E-state index contributed by atoms with van der Waals surface area (Å²) in [7, 11) is 0. The Hall–Kier alpha value is -3.13. The molecular formula is C24H31N3O5. The number of benzene rings is 1. The van der Waals surface area contributed by atoms with Crippen molar-refractivity contribution in [2.24, 2.45) is 0 Å². The minimum Gasteiger partial charge on any atom is -0.462 e. The quantitative estimate of drug-likeness (QED) is 0.664. The minimum atomic E-state index is -0.660. The zero-order valence-electron chi connectivity index (χ0n) is 19.2. The third-order valence-corrected chi connectivity index (χ3v) is 5.66. The number of amides is 1. The van der Waals surface area contributed by atoms with Crippen molar-refractivity contribution in [1.82, 2.24) is 14.8 Å². The second kappa shape index (κ2) is 10.5. The van der Waals surface area contributed by atoms with Crippen LogP contribution in [-0.4, -0.2) is 72.0 Å². The lowest BCUT2D eigenvalue weighted by Crippen LogP contribution is -2.49. The number of carbonyl (C=O) groups is 3. The van der Waals surface area contributed by atoms with Gasteiger partial charge < -0.3 is 19.4 Å². The molecule has 0 saturated carbocycles. The van der Waals surface area contributed by atoms with Gasteiger partial charge in [0.25, 0.3) is 5.91 Å². The maximum Gasteiger partial charge on any atom is 0.355 e. The molecule has 0 unspecified atom stereocenters. The standard InChI is InChI=1S/C24H31N3O5/c1-5-31-23(29)21-17(3)22(25-18(21)4)24(30)32-15-20(28)27-11-9-26(10-12-27)14-19-8-6-7-16(2)13-19/h6-8,13,25H,5,9-12,14-15H2,1-4H3. The number of aryl methyl sites for hydroxylation is 2. The van der Waals surface area contributed by atoms with Crippen molar-refractivity contribution in [3.63, 3.8) is 0 Å². The summed E-state index contributed by atoms with van der Waals surface area (Å²) in [6.07, 6.45) is 0. The van der Waals surface area contributed by atoms with Crippen LogP contribution < -0.4 is 0 Å². The highest BCUT2D eigenvalue weighted by Gasteiger charge is 2.26. The fourth-order valence-corrected chi connectivity index (χ4v) is 3.98. The lowest BCUT2D eigenvalue weighted by Gasteiger charge is -2.34. The van der Waals surface area contributed by atoms with Gasteiger partial charge in [-0.1, -0.05) is 29.8 Å². The number of carbonyl (C=O) groups excluding carboxylic acids is 3. The summed E-state index contributed by atoms with van der Waals surface area (Å²) in [6, 6.07) is 8.42. The van der Waals surface area contributed by atoms with Gasteiger partial charge in [0.1, 0.15) is 5.69 Å². The molecule has 8 nitrogen and oxygen atoms in total. The number of esters is 2. The molecule has 1 aliphatic rings. The molecule has 3 rings (SSSR count). The average molecular weight is 442 g/mol. The van der Waals surface area contributed by atoms with Crippen LogP contribution in [0.1, 0.15) is 50.2 Å². The number of hydrogen-bond acceptors (Lipinski definition) is 6. The fraction of sp³-hybridized carbons (Fsp3) is 0.458. The number of nitrogens with one attached hydrogen (secondary N) is 1. The van der Waals surface area contributed by atoms with Crippen molar-refractivity contribution in [2.75, 3.05) is 39.4 Å². The number of nitrogens with zero attached hydrogens (tertiary/aromatic N) is 2. The largest absolute Gasteiger partial charge is 0.462 e. The predicted molar refractivity (Wildman–Crippen MR) is 120 cm³/mol. The van der Waals surface area contributed by atoms with E-state index in [2.05, 4.69) is 41.1 Å². The van der Waals surface area contributed by atoms with Gasteiger partial charge in [-0.15, -0.1) is 0 Å². The van der Waals surface area contributed by atoms with Crippen LogP contribution in [-0.2, 0) is 20.8 Å². The summed E-state index contributed by atoms with van der Waals surface area (Å²) < 4.78 is 10.3. The molecule has 0 aliphatic carbocycles. The lowest BCUT2D eigenvalue weighted by atomic mass is 10.1. The molecule has 1 aromatic carbocycles. The van der Waals surface area contributed by atoms with Crippen LogP contribution in [0.3, 0.4) is 0 Å². The summed E-state index contributed by atoms with van der Waals surface area (Å²) in [5.74, 6) is -1.37. The van der Waals surface area contributed by atoms with Crippen molar-refractivity contribution in [1.29, 1.82) is 0 Å². The molecule has 0 atom stereocenters. The highest BCUT2D eigenvalue weighted by atomic mass is 16.5. The molecule has 1 saturated heterocycles. The van der Waals surface area contributed by atoms with E-state index in [0.717, 1.165) is 19.6 Å². The zero-order valence-corrected chi connectivity index (χ0v) is 19.2. The Kier molecular flexibility index (Phi) is 7.69. The highest BCUT2D eigenvalue weighted by molar-refractivity contribution is 5.99. The van der Waals surface area contributed by atoms with Crippen molar-refractivity contribution < 1.29 is 23.9 Å².